The largest absolute Gasteiger partial charge is 0.311 e. The Kier molecular flexibility index (Phi) is 3.55. The van der Waals surface area contributed by atoms with Gasteiger partial charge in [0.25, 0.3) is 0 Å². The summed E-state index contributed by atoms with van der Waals surface area (Å²) in [6.07, 6.45) is 0. The van der Waals surface area contributed by atoms with Gasteiger partial charge in [0.2, 0.25) is 5.91 Å². The number of hydrogen-bond donors (Lipinski definition) is 3. The highest BCUT2D eigenvalue weighted by Crippen LogP contribution is 2.27. The van der Waals surface area contributed by atoms with Gasteiger partial charge in [-0.1, -0.05) is 0 Å². The Balaban J connectivity index is 2.08. The SMILES string of the molecule is CNCC(=O)Nc1cc(-c2ccc(C)s2)[nH]n1. The molecule has 5 nitrogen and oxygen atoms in total. The standard InChI is InChI=1S/C11H14N4OS/c1-7-3-4-9(17-7)8-5-10(15-14-8)13-11(16)6-12-2/h3-5,12H,6H2,1-2H3,(H2,13,14,15,16). The van der Waals surface area contributed by atoms with Gasteiger partial charge in [0.15, 0.2) is 5.82 Å². The number of nitrogens with one attached hydrogen (secondary N) is 3. The van der Waals surface area contributed by atoms with Crippen LogP contribution < -0.4 is 10.6 Å². The lowest BCUT2D eigenvalue weighted by molar-refractivity contribution is -0.115. The lowest BCUT2D eigenvalue weighted by Crippen LogP contribution is -2.25. The van der Waals surface area contributed by atoms with E-state index in [1.54, 1.807) is 18.4 Å². The van der Waals surface area contributed by atoms with Gasteiger partial charge in [-0.05, 0) is 26.1 Å². The van der Waals surface area contributed by atoms with Gasteiger partial charge < -0.3 is 10.6 Å². The Labute approximate surface area is 103 Å². The highest BCUT2D eigenvalue weighted by atomic mass is 32.1. The average Bonchev–Trinajstić information content (AvgIpc) is 2.87. The van der Waals surface area contributed by atoms with Crippen molar-refractivity contribution >= 4 is 23.1 Å². The number of anilines is 1. The number of carbonyl (C=O) groups excluding carboxylic acids is 1. The van der Waals surface area contributed by atoms with E-state index in [0.29, 0.717) is 5.82 Å². The van der Waals surface area contributed by atoms with Gasteiger partial charge in [0.05, 0.1) is 17.1 Å². The van der Waals surface area contributed by atoms with Crippen LogP contribution in [0.5, 0.6) is 0 Å². The molecule has 0 radical (unpaired) electrons. The van der Waals surface area contributed by atoms with Gasteiger partial charge in [-0.15, -0.1) is 11.3 Å². The number of H-pyrrole nitrogens is 1. The number of thiophene rings is 1. The smallest absolute Gasteiger partial charge is 0.239 e. The second-order valence-corrected chi connectivity index (χ2v) is 4.94. The first-order valence-corrected chi connectivity index (χ1v) is 6.07. The molecule has 0 aliphatic rings. The molecule has 1 amide bonds. The van der Waals surface area contributed by atoms with Crippen molar-refractivity contribution in [2.24, 2.45) is 0 Å². The van der Waals surface area contributed by atoms with Crippen LogP contribution in [0.15, 0.2) is 18.2 Å². The predicted octanol–water partition coefficient (Wildman–Crippen LogP) is 1.60. The maximum atomic E-state index is 11.3. The summed E-state index contributed by atoms with van der Waals surface area (Å²) < 4.78 is 0. The first-order chi connectivity index (χ1) is 8.19. The van der Waals surface area contributed by atoms with Gasteiger partial charge >= 0.3 is 0 Å². The van der Waals surface area contributed by atoms with E-state index < -0.39 is 0 Å². The summed E-state index contributed by atoms with van der Waals surface area (Å²) in [6.45, 7) is 2.33. The molecule has 0 bridgehead atoms. The van der Waals surface area contributed by atoms with Crippen molar-refractivity contribution in [3.8, 4) is 10.6 Å². The number of likely N-dealkylation sites (N-methyl/N-ethyl adjacent to an activating group) is 1. The van der Waals surface area contributed by atoms with Gasteiger partial charge in [0, 0.05) is 10.9 Å². The van der Waals surface area contributed by atoms with Crippen molar-refractivity contribution in [3.63, 3.8) is 0 Å². The number of rotatable bonds is 4. The summed E-state index contributed by atoms with van der Waals surface area (Å²) in [6, 6.07) is 5.92. The normalized spacial score (nSPS) is 10.5. The Morgan fingerprint density at radius 1 is 1.53 bits per heavy atom. The fraction of sp³-hybridized carbons (Fsp3) is 0.273. The minimum Gasteiger partial charge on any atom is -0.311 e. The summed E-state index contributed by atoms with van der Waals surface area (Å²) in [5.74, 6) is 0.444. The monoisotopic (exact) mass is 250 g/mol. The second-order valence-electron chi connectivity index (χ2n) is 3.66. The van der Waals surface area contributed by atoms with Crippen LogP contribution in [0.25, 0.3) is 10.6 Å². The molecule has 0 saturated carbocycles. The maximum absolute atomic E-state index is 11.3. The van der Waals surface area contributed by atoms with Crippen molar-refractivity contribution in [1.82, 2.24) is 15.5 Å². The first kappa shape index (κ1) is 11.8. The van der Waals surface area contributed by atoms with Crippen LogP contribution in [-0.4, -0.2) is 29.7 Å². The number of hydrogen-bond acceptors (Lipinski definition) is 4. The molecule has 0 atom stereocenters. The van der Waals surface area contributed by atoms with Crippen LogP contribution in [0.4, 0.5) is 5.82 Å². The Morgan fingerprint density at radius 3 is 3.00 bits per heavy atom. The minimum absolute atomic E-state index is 0.104. The molecule has 2 aromatic rings. The van der Waals surface area contributed by atoms with E-state index in [1.165, 1.54) is 4.88 Å². The minimum atomic E-state index is -0.104. The highest BCUT2D eigenvalue weighted by Gasteiger charge is 2.07. The molecule has 2 rings (SSSR count). The zero-order valence-corrected chi connectivity index (χ0v) is 10.5. The Morgan fingerprint density at radius 2 is 2.35 bits per heavy atom. The summed E-state index contributed by atoms with van der Waals surface area (Å²) in [4.78, 5) is 13.7. The summed E-state index contributed by atoms with van der Waals surface area (Å²) >= 11 is 1.69. The third kappa shape index (κ3) is 2.92. The molecule has 0 fully saturated rings. The number of amides is 1. The molecule has 6 heteroatoms. The van der Waals surface area contributed by atoms with Crippen LogP contribution >= 0.6 is 11.3 Å². The summed E-state index contributed by atoms with van der Waals surface area (Å²) in [5.41, 5.74) is 0.919. The average molecular weight is 250 g/mol. The van der Waals surface area contributed by atoms with Crippen molar-refractivity contribution in [2.75, 3.05) is 18.9 Å². The number of aryl methyl sites for hydroxylation is 1. The molecule has 90 valence electrons. The molecule has 0 spiro atoms. The molecular formula is C11H14N4OS. The summed E-state index contributed by atoms with van der Waals surface area (Å²) in [7, 11) is 1.73. The van der Waals surface area contributed by atoms with Gasteiger partial charge in [0.1, 0.15) is 0 Å². The Bertz CT molecular complexity index is 517. The van der Waals surface area contributed by atoms with Crippen molar-refractivity contribution in [3.05, 3.63) is 23.1 Å². The molecule has 0 aliphatic heterocycles. The predicted molar refractivity (Wildman–Crippen MR) is 69.2 cm³/mol. The van der Waals surface area contributed by atoms with Gasteiger partial charge in [-0.2, -0.15) is 5.10 Å². The molecule has 3 N–H and O–H groups in total. The lowest BCUT2D eigenvalue weighted by Gasteiger charge is -1.98. The third-order valence-corrected chi connectivity index (χ3v) is 3.22. The van der Waals surface area contributed by atoms with E-state index in [2.05, 4.69) is 33.8 Å². The highest BCUT2D eigenvalue weighted by molar-refractivity contribution is 7.15. The fourth-order valence-electron chi connectivity index (χ4n) is 1.44. The molecule has 2 aromatic heterocycles. The van der Waals surface area contributed by atoms with Crippen molar-refractivity contribution in [2.45, 2.75) is 6.92 Å². The van der Waals surface area contributed by atoms with E-state index >= 15 is 0 Å². The maximum Gasteiger partial charge on any atom is 0.239 e. The topological polar surface area (TPSA) is 69.8 Å². The van der Waals surface area contributed by atoms with Gasteiger partial charge in [-0.25, -0.2) is 0 Å². The number of aromatic amines is 1. The number of nitrogens with zero attached hydrogens (tertiary/aromatic N) is 1. The van der Waals surface area contributed by atoms with E-state index in [-0.39, 0.29) is 12.5 Å². The van der Waals surface area contributed by atoms with E-state index in [1.807, 2.05) is 12.1 Å². The number of aromatic nitrogens is 2. The van der Waals surface area contributed by atoms with E-state index in [4.69, 9.17) is 0 Å². The molecular weight excluding hydrogens is 236 g/mol. The molecule has 2 heterocycles. The van der Waals surface area contributed by atoms with Crippen LogP contribution in [0.2, 0.25) is 0 Å². The summed E-state index contributed by atoms with van der Waals surface area (Å²) in [5, 5.41) is 12.4. The first-order valence-electron chi connectivity index (χ1n) is 5.25. The number of carbonyl (C=O) groups is 1. The van der Waals surface area contributed by atoms with Crippen molar-refractivity contribution in [1.29, 1.82) is 0 Å². The van der Waals surface area contributed by atoms with E-state index in [9.17, 15) is 4.79 Å². The fourth-order valence-corrected chi connectivity index (χ4v) is 2.27. The van der Waals surface area contributed by atoms with E-state index in [0.717, 1.165) is 10.6 Å². The zero-order valence-electron chi connectivity index (χ0n) is 9.70. The Hall–Kier alpha value is -1.66. The molecule has 0 aromatic carbocycles. The van der Waals surface area contributed by atoms with Crippen LogP contribution in [-0.2, 0) is 4.79 Å². The second kappa shape index (κ2) is 5.11. The molecule has 17 heavy (non-hydrogen) atoms. The van der Waals surface area contributed by atoms with Crippen molar-refractivity contribution < 1.29 is 4.79 Å². The quantitative estimate of drug-likeness (QED) is 0.772. The third-order valence-electron chi connectivity index (χ3n) is 2.19. The lowest BCUT2D eigenvalue weighted by atomic mass is 10.3. The van der Waals surface area contributed by atoms with Crippen LogP contribution in [0, 0.1) is 6.92 Å². The molecule has 0 unspecified atom stereocenters. The zero-order chi connectivity index (χ0) is 12.3. The molecule has 0 aliphatic carbocycles. The molecule has 0 saturated heterocycles. The van der Waals surface area contributed by atoms with Crippen LogP contribution in [0.1, 0.15) is 4.88 Å². The van der Waals surface area contributed by atoms with Gasteiger partial charge in [-0.3, -0.25) is 9.89 Å². The van der Waals surface area contributed by atoms with Crippen LogP contribution in [0.3, 0.4) is 0 Å².